The van der Waals surface area contributed by atoms with Crippen molar-refractivity contribution in [2.24, 2.45) is 5.92 Å². The third kappa shape index (κ3) is 4.74. The van der Waals surface area contributed by atoms with Gasteiger partial charge in [0.15, 0.2) is 5.76 Å². The van der Waals surface area contributed by atoms with Crippen molar-refractivity contribution >= 4 is 11.6 Å². The minimum atomic E-state index is -0.161. The highest BCUT2D eigenvalue weighted by molar-refractivity contribution is 5.52. The highest BCUT2D eigenvalue weighted by Gasteiger charge is 2.29. The van der Waals surface area contributed by atoms with E-state index in [0.29, 0.717) is 11.6 Å². The van der Waals surface area contributed by atoms with Crippen molar-refractivity contribution in [3.63, 3.8) is 0 Å². The Morgan fingerprint density at radius 2 is 1.88 bits per heavy atom. The molecule has 0 amide bonds. The molecule has 2 saturated heterocycles. The number of hydrogen-bond donors (Lipinski definition) is 0. The average molecular weight is 455 g/mol. The first kappa shape index (κ1) is 21.9. The van der Waals surface area contributed by atoms with E-state index in [1.54, 1.807) is 19.4 Å². The number of ether oxygens (including phenoxy) is 1. The fourth-order valence-corrected chi connectivity index (χ4v) is 4.84. The molecule has 1 unspecified atom stereocenters. The van der Waals surface area contributed by atoms with Crippen LogP contribution in [0.1, 0.15) is 6.42 Å². The molecule has 4 heterocycles. The topological polar surface area (TPSA) is 62.8 Å². The lowest BCUT2D eigenvalue weighted by atomic mass is 10.1. The molecule has 0 aliphatic carbocycles. The van der Waals surface area contributed by atoms with E-state index in [2.05, 4.69) is 29.5 Å². The summed E-state index contributed by atoms with van der Waals surface area (Å²) in [5.74, 6) is 2.57. The van der Waals surface area contributed by atoms with Gasteiger partial charge in [0, 0.05) is 59.5 Å². The van der Waals surface area contributed by atoms with Crippen molar-refractivity contribution in [3.8, 4) is 11.6 Å². The van der Waals surface area contributed by atoms with E-state index >= 15 is 0 Å². The number of hydrogen-bond acceptors (Lipinski definition) is 7. The van der Waals surface area contributed by atoms with Crippen LogP contribution in [0.2, 0.25) is 0 Å². The number of methoxy groups -OCH3 is 1. The van der Waals surface area contributed by atoms with Crippen LogP contribution in [0.4, 0.5) is 16.0 Å². The normalized spacial score (nSPS) is 19.5. The molecule has 0 radical (unpaired) electrons. The molecular formula is C24H31FN6O2. The maximum absolute atomic E-state index is 14.3. The largest absolute Gasteiger partial charge is 0.461 e. The summed E-state index contributed by atoms with van der Waals surface area (Å²) in [5, 5.41) is 9.08. The van der Waals surface area contributed by atoms with Gasteiger partial charge in [-0.1, -0.05) is 12.1 Å². The molecule has 9 heteroatoms. The first-order valence-corrected chi connectivity index (χ1v) is 11.7. The highest BCUT2D eigenvalue weighted by Crippen LogP contribution is 2.30. The van der Waals surface area contributed by atoms with Crippen LogP contribution in [0, 0.1) is 11.7 Å². The lowest BCUT2D eigenvalue weighted by Crippen LogP contribution is -2.48. The molecule has 0 saturated carbocycles. The molecule has 3 aromatic rings. The molecule has 2 aliphatic rings. The summed E-state index contributed by atoms with van der Waals surface area (Å²) < 4.78 is 27.4. The van der Waals surface area contributed by atoms with Gasteiger partial charge in [0.25, 0.3) is 0 Å². The number of benzene rings is 1. The first-order valence-electron chi connectivity index (χ1n) is 11.7. The van der Waals surface area contributed by atoms with E-state index < -0.39 is 0 Å². The zero-order chi connectivity index (χ0) is 22.6. The lowest BCUT2D eigenvalue weighted by molar-refractivity contribution is 0.143. The quantitative estimate of drug-likeness (QED) is 0.519. The lowest BCUT2D eigenvalue weighted by Gasteiger charge is -2.35. The van der Waals surface area contributed by atoms with Gasteiger partial charge in [0.2, 0.25) is 11.8 Å². The number of aromatic nitrogens is 3. The van der Waals surface area contributed by atoms with Crippen LogP contribution in [-0.2, 0) is 11.3 Å². The second-order valence-electron chi connectivity index (χ2n) is 8.79. The number of piperazine rings is 1. The Morgan fingerprint density at radius 3 is 2.64 bits per heavy atom. The Morgan fingerprint density at radius 1 is 1.03 bits per heavy atom. The molecule has 0 N–H and O–H groups in total. The second-order valence-corrected chi connectivity index (χ2v) is 8.79. The van der Waals surface area contributed by atoms with Gasteiger partial charge in [-0.15, -0.1) is 10.2 Å². The molecule has 0 bridgehead atoms. The molecular weight excluding hydrogens is 423 g/mol. The van der Waals surface area contributed by atoms with E-state index in [9.17, 15) is 4.39 Å². The van der Waals surface area contributed by atoms with Crippen LogP contribution in [0.25, 0.3) is 11.6 Å². The van der Waals surface area contributed by atoms with Crippen molar-refractivity contribution < 1.29 is 13.5 Å². The van der Waals surface area contributed by atoms with E-state index in [4.69, 9.17) is 9.15 Å². The molecule has 2 aliphatic heterocycles. The Hall–Kier alpha value is -2.91. The Bertz CT molecular complexity index is 1030. The van der Waals surface area contributed by atoms with Crippen LogP contribution >= 0.6 is 0 Å². The summed E-state index contributed by atoms with van der Waals surface area (Å²) in [6.45, 7) is 7.85. The van der Waals surface area contributed by atoms with Crippen molar-refractivity contribution in [1.29, 1.82) is 0 Å². The smallest absolute Gasteiger partial charge is 0.227 e. The molecule has 176 valence electrons. The monoisotopic (exact) mass is 454 g/mol. The second kappa shape index (κ2) is 9.93. The highest BCUT2D eigenvalue weighted by atomic mass is 19.1. The van der Waals surface area contributed by atoms with Crippen LogP contribution in [0.5, 0.6) is 0 Å². The van der Waals surface area contributed by atoms with Crippen molar-refractivity contribution in [1.82, 2.24) is 19.7 Å². The summed E-state index contributed by atoms with van der Waals surface area (Å²) in [6, 6.07) is 10.8. The predicted octanol–water partition coefficient (Wildman–Crippen LogP) is 2.97. The van der Waals surface area contributed by atoms with E-state index in [0.717, 1.165) is 82.9 Å². The van der Waals surface area contributed by atoms with E-state index in [1.165, 1.54) is 6.07 Å². The number of rotatable bonds is 8. The molecule has 2 aromatic heterocycles. The summed E-state index contributed by atoms with van der Waals surface area (Å²) in [5.41, 5.74) is 0.683. The Labute approximate surface area is 193 Å². The molecule has 1 aromatic carbocycles. The molecule has 5 rings (SSSR count). The maximum Gasteiger partial charge on any atom is 0.227 e. The summed E-state index contributed by atoms with van der Waals surface area (Å²) in [4.78, 5) is 6.87. The Balaban J connectivity index is 1.33. The standard InChI is InChI=1S/C24H31FN6O2/c1-32-16-14-28-10-12-29(13-11-28)24-27-26-23(22-7-4-15-33-22)31(24)18-19-8-9-30(17-19)21-6-3-2-5-20(21)25/h2-7,15,19H,8-14,16-18H2,1H3. The van der Waals surface area contributed by atoms with Gasteiger partial charge in [-0.25, -0.2) is 4.39 Å². The van der Waals surface area contributed by atoms with Gasteiger partial charge >= 0.3 is 0 Å². The number of anilines is 2. The minimum absolute atomic E-state index is 0.161. The zero-order valence-corrected chi connectivity index (χ0v) is 19.1. The summed E-state index contributed by atoms with van der Waals surface area (Å²) in [7, 11) is 1.74. The fourth-order valence-electron chi connectivity index (χ4n) is 4.84. The van der Waals surface area contributed by atoms with Crippen LogP contribution in [0.15, 0.2) is 47.1 Å². The van der Waals surface area contributed by atoms with Gasteiger partial charge < -0.3 is 19.0 Å². The Kier molecular flexibility index (Phi) is 6.59. The summed E-state index contributed by atoms with van der Waals surface area (Å²) in [6.07, 6.45) is 2.66. The fraction of sp³-hybridized carbons (Fsp3) is 0.500. The first-order chi connectivity index (χ1) is 16.2. The van der Waals surface area contributed by atoms with Crippen molar-refractivity contribution in [3.05, 3.63) is 48.5 Å². The molecule has 0 spiro atoms. The van der Waals surface area contributed by atoms with Crippen LogP contribution in [0.3, 0.4) is 0 Å². The number of furan rings is 1. The third-order valence-electron chi connectivity index (χ3n) is 6.66. The molecule has 2 fully saturated rings. The third-order valence-corrected chi connectivity index (χ3v) is 6.66. The van der Waals surface area contributed by atoms with Gasteiger partial charge in [0.05, 0.1) is 18.6 Å². The maximum atomic E-state index is 14.3. The van der Waals surface area contributed by atoms with E-state index in [-0.39, 0.29) is 5.82 Å². The SMILES string of the molecule is COCCN1CCN(c2nnc(-c3ccco3)n2CC2CCN(c3ccccc3F)C2)CC1. The predicted molar refractivity (Wildman–Crippen MR) is 125 cm³/mol. The van der Waals surface area contributed by atoms with Crippen molar-refractivity contribution in [2.45, 2.75) is 13.0 Å². The van der Waals surface area contributed by atoms with E-state index in [1.807, 2.05) is 24.3 Å². The molecule has 8 nitrogen and oxygen atoms in total. The molecule has 33 heavy (non-hydrogen) atoms. The van der Waals surface area contributed by atoms with Crippen LogP contribution in [-0.4, -0.2) is 79.2 Å². The van der Waals surface area contributed by atoms with Gasteiger partial charge in [-0.05, 0) is 36.6 Å². The van der Waals surface area contributed by atoms with Gasteiger partial charge in [0.1, 0.15) is 5.82 Å². The average Bonchev–Trinajstić information content (AvgIpc) is 3.60. The minimum Gasteiger partial charge on any atom is -0.461 e. The van der Waals surface area contributed by atoms with Gasteiger partial charge in [-0.3, -0.25) is 9.47 Å². The van der Waals surface area contributed by atoms with Crippen molar-refractivity contribution in [2.75, 3.05) is 69.3 Å². The van der Waals surface area contributed by atoms with Gasteiger partial charge in [-0.2, -0.15) is 0 Å². The zero-order valence-electron chi connectivity index (χ0n) is 19.1. The number of halogens is 1. The number of nitrogens with zero attached hydrogens (tertiary/aromatic N) is 6. The summed E-state index contributed by atoms with van der Waals surface area (Å²) >= 11 is 0. The van der Waals surface area contributed by atoms with Crippen LogP contribution < -0.4 is 9.80 Å². The number of para-hydroxylation sites is 1. The molecule has 1 atom stereocenters.